The second kappa shape index (κ2) is 6.37. The molecule has 1 unspecified atom stereocenters. The summed E-state index contributed by atoms with van der Waals surface area (Å²) in [7, 11) is 2.22. The van der Waals surface area contributed by atoms with E-state index >= 15 is 0 Å². The maximum atomic E-state index is 4.79. The Morgan fingerprint density at radius 2 is 2.28 bits per heavy atom. The fourth-order valence-corrected chi connectivity index (χ4v) is 4.51. The van der Waals surface area contributed by atoms with Crippen LogP contribution in [0.15, 0.2) is 0 Å². The highest BCUT2D eigenvalue weighted by Crippen LogP contribution is 2.32. The van der Waals surface area contributed by atoms with Gasteiger partial charge in [0.15, 0.2) is 0 Å². The van der Waals surface area contributed by atoms with Crippen LogP contribution >= 0.6 is 23.1 Å². The zero-order chi connectivity index (χ0) is 13.1. The van der Waals surface area contributed by atoms with E-state index in [2.05, 4.69) is 38.0 Å². The second-order valence-electron chi connectivity index (χ2n) is 5.17. The van der Waals surface area contributed by atoms with Crippen molar-refractivity contribution in [2.24, 2.45) is 0 Å². The van der Waals surface area contributed by atoms with Crippen LogP contribution in [-0.4, -0.2) is 41.0 Å². The van der Waals surface area contributed by atoms with Gasteiger partial charge in [0.05, 0.1) is 11.7 Å². The van der Waals surface area contributed by atoms with E-state index in [-0.39, 0.29) is 0 Å². The van der Waals surface area contributed by atoms with Crippen molar-refractivity contribution in [3.63, 3.8) is 0 Å². The summed E-state index contributed by atoms with van der Waals surface area (Å²) in [5.74, 6) is 2.43. The average molecular weight is 285 g/mol. The molecule has 0 spiro atoms. The predicted octanol–water partition coefficient (Wildman–Crippen LogP) is 2.67. The van der Waals surface area contributed by atoms with Crippen LogP contribution in [0.25, 0.3) is 0 Å². The lowest BCUT2D eigenvalue weighted by Crippen LogP contribution is -2.32. The topological polar surface area (TPSA) is 28.2 Å². The highest BCUT2D eigenvalue weighted by molar-refractivity contribution is 7.99. The molecule has 1 fully saturated rings. The molecule has 0 amide bonds. The summed E-state index contributed by atoms with van der Waals surface area (Å²) in [6.07, 6.45) is 0. The van der Waals surface area contributed by atoms with E-state index in [0.717, 1.165) is 6.54 Å². The average Bonchev–Trinajstić information content (AvgIpc) is 2.68. The summed E-state index contributed by atoms with van der Waals surface area (Å²) in [4.78, 5) is 8.62. The first-order chi connectivity index (χ1) is 8.58. The molecule has 1 aromatic heterocycles. The van der Waals surface area contributed by atoms with Crippen molar-refractivity contribution >= 4 is 23.1 Å². The molecule has 1 N–H and O–H groups in total. The van der Waals surface area contributed by atoms with Gasteiger partial charge in [0.2, 0.25) is 0 Å². The van der Waals surface area contributed by atoms with E-state index in [1.54, 1.807) is 0 Å². The number of aryl methyl sites for hydroxylation is 1. The normalized spacial score (nSPS) is 21.7. The molecule has 102 valence electrons. The maximum Gasteiger partial charge on any atom is 0.111 e. The first kappa shape index (κ1) is 14.3. The van der Waals surface area contributed by atoms with E-state index in [9.17, 15) is 0 Å². The van der Waals surface area contributed by atoms with Crippen LogP contribution in [0.2, 0.25) is 0 Å². The fourth-order valence-electron chi connectivity index (χ4n) is 2.00. The summed E-state index contributed by atoms with van der Waals surface area (Å²) in [6.45, 7) is 8.62. The number of hydrogen-bond donors (Lipinski definition) is 1. The quantitative estimate of drug-likeness (QED) is 0.920. The third kappa shape index (κ3) is 3.47. The van der Waals surface area contributed by atoms with E-state index in [4.69, 9.17) is 4.98 Å². The van der Waals surface area contributed by atoms with Crippen molar-refractivity contribution in [1.29, 1.82) is 0 Å². The lowest BCUT2D eigenvalue weighted by atomic mass is 10.3. The molecule has 1 aliphatic rings. The molecule has 1 aromatic rings. The number of nitrogens with zero attached hydrogens (tertiary/aromatic N) is 2. The van der Waals surface area contributed by atoms with Crippen molar-refractivity contribution in [2.75, 3.05) is 25.1 Å². The monoisotopic (exact) mass is 285 g/mol. The summed E-state index contributed by atoms with van der Waals surface area (Å²) in [5, 5.41) is 4.78. The molecule has 2 heterocycles. The zero-order valence-electron chi connectivity index (χ0n) is 11.7. The van der Waals surface area contributed by atoms with Gasteiger partial charge in [-0.3, -0.25) is 4.90 Å². The van der Waals surface area contributed by atoms with Crippen LogP contribution in [0.5, 0.6) is 0 Å². The predicted molar refractivity (Wildman–Crippen MR) is 81.5 cm³/mol. The van der Waals surface area contributed by atoms with Crippen LogP contribution in [0.4, 0.5) is 0 Å². The largest absolute Gasteiger partial charge is 0.310 e. The Kier molecular flexibility index (Phi) is 5.06. The molecule has 0 aromatic carbocycles. The van der Waals surface area contributed by atoms with Gasteiger partial charge >= 0.3 is 0 Å². The Bertz CT molecular complexity index is 390. The Hall–Kier alpha value is -0.100. The smallest absolute Gasteiger partial charge is 0.111 e. The molecule has 0 saturated carbocycles. The molecule has 3 nitrogen and oxygen atoms in total. The second-order valence-corrected chi connectivity index (χ2v) is 7.43. The van der Waals surface area contributed by atoms with E-state index < -0.39 is 0 Å². The van der Waals surface area contributed by atoms with Crippen LogP contribution in [0, 0.1) is 6.92 Å². The van der Waals surface area contributed by atoms with Gasteiger partial charge < -0.3 is 5.32 Å². The van der Waals surface area contributed by atoms with Crippen molar-refractivity contribution in [1.82, 2.24) is 15.2 Å². The number of aromatic nitrogens is 1. The molecule has 0 bridgehead atoms. The first-order valence-electron chi connectivity index (χ1n) is 6.55. The molecule has 5 heteroatoms. The molecule has 0 aliphatic carbocycles. The minimum atomic E-state index is 0.514. The minimum absolute atomic E-state index is 0.514. The van der Waals surface area contributed by atoms with Gasteiger partial charge in [0.1, 0.15) is 5.01 Å². The number of hydrogen-bond acceptors (Lipinski definition) is 5. The van der Waals surface area contributed by atoms with Crippen molar-refractivity contribution < 1.29 is 0 Å². The Balaban J connectivity index is 2.07. The Labute approximate surface area is 118 Å². The van der Waals surface area contributed by atoms with Gasteiger partial charge in [0, 0.05) is 35.5 Å². The maximum absolute atomic E-state index is 4.79. The van der Waals surface area contributed by atoms with Gasteiger partial charge in [-0.15, -0.1) is 11.3 Å². The molecule has 18 heavy (non-hydrogen) atoms. The van der Waals surface area contributed by atoms with Crippen molar-refractivity contribution in [2.45, 2.75) is 39.4 Å². The van der Waals surface area contributed by atoms with E-state index in [1.807, 2.05) is 23.1 Å². The third-order valence-corrected chi connectivity index (χ3v) is 5.54. The number of rotatable bonds is 4. The zero-order valence-corrected chi connectivity index (χ0v) is 13.3. The molecule has 1 saturated heterocycles. The van der Waals surface area contributed by atoms with Crippen LogP contribution in [-0.2, 0) is 6.54 Å². The van der Waals surface area contributed by atoms with Gasteiger partial charge in [-0.25, -0.2) is 4.98 Å². The standard InChI is InChI=1S/C13H23N3S2/c1-9(2)14-7-12-10(3)15-13(18-12)11-8-17-6-5-16(11)4/h9,11,14H,5-8H2,1-4H3. The first-order valence-corrected chi connectivity index (χ1v) is 8.52. The van der Waals surface area contributed by atoms with Gasteiger partial charge in [-0.05, 0) is 14.0 Å². The molecule has 2 rings (SSSR count). The number of nitrogens with one attached hydrogen (secondary N) is 1. The Morgan fingerprint density at radius 1 is 1.50 bits per heavy atom. The SMILES string of the molecule is Cc1nc(C2CSCCN2C)sc1CNC(C)C. The molecular weight excluding hydrogens is 262 g/mol. The third-order valence-electron chi connectivity index (χ3n) is 3.26. The molecule has 1 aliphatic heterocycles. The molecular formula is C13H23N3S2. The van der Waals surface area contributed by atoms with Gasteiger partial charge in [0.25, 0.3) is 0 Å². The molecule has 0 radical (unpaired) electrons. The minimum Gasteiger partial charge on any atom is -0.310 e. The highest BCUT2D eigenvalue weighted by atomic mass is 32.2. The van der Waals surface area contributed by atoms with E-state index in [1.165, 1.54) is 33.6 Å². The lowest BCUT2D eigenvalue weighted by Gasteiger charge is -2.30. The van der Waals surface area contributed by atoms with Crippen LogP contribution < -0.4 is 5.32 Å². The Morgan fingerprint density at radius 3 is 2.94 bits per heavy atom. The van der Waals surface area contributed by atoms with Crippen LogP contribution in [0.1, 0.15) is 35.5 Å². The van der Waals surface area contributed by atoms with E-state index in [0.29, 0.717) is 12.1 Å². The fraction of sp³-hybridized carbons (Fsp3) is 0.769. The van der Waals surface area contributed by atoms with Crippen molar-refractivity contribution in [3.8, 4) is 0 Å². The summed E-state index contributed by atoms with van der Waals surface area (Å²) < 4.78 is 0. The van der Waals surface area contributed by atoms with Crippen LogP contribution in [0.3, 0.4) is 0 Å². The lowest BCUT2D eigenvalue weighted by molar-refractivity contribution is 0.274. The van der Waals surface area contributed by atoms with Gasteiger partial charge in [-0.1, -0.05) is 13.8 Å². The summed E-state index contributed by atoms with van der Waals surface area (Å²) in [5.41, 5.74) is 1.20. The summed E-state index contributed by atoms with van der Waals surface area (Å²) >= 11 is 3.93. The highest BCUT2D eigenvalue weighted by Gasteiger charge is 2.24. The number of thiazole rings is 1. The summed E-state index contributed by atoms with van der Waals surface area (Å²) in [6, 6.07) is 1.04. The van der Waals surface area contributed by atoms with Gasteiger partial charge in [-0.2, -0.15) is 11.8 Å². The molecule has 1 atom stereocenters. The number of thioether (sulfide) groups is 1. The van der Waals surface area contributed by atoms with Crippen molar-refractivity contribution in [3.05, 3.63) is 15.6 Å².